The Morgan fingerprint density at radius 2 is 1.86 bits per heavy atom. The molecular weight excluding hydrogens is 267 g/mol. The summed E-state index contributed by atoms with van der Waals surface area (Å²) in [7, 11) is 0. The van der Waals surface area contributed by atoms with E-state index in [1.807, 2.05) is 6.08 Å². The van der Waals surface area contributed by atoms with E-state index in [2.05, 4.69) is 15.9 Å². The van der Waals surface area contributed by atoms with Gasteiger partial charge < -0.3 is 5.11 Å². The van der Waals surface area contributed by atoms with Crippen LogP contribution >= 0.6 is 0 Å². The molecule has 4 heteroatoms. The van der Waals surface area contributed by atoms with Gasteiger partial charge in [-0.1, -0.05) is 24.3 Å². The Hall–Kier alpha value is -1.23. The van der Waals surface area contributed by atoms with Crippen molar-refractivity contribution in [2.75, 3.05) is 32.7 Å². The molecule has 2 fully saturated rings. The average Bonchev–Trinajstić information content (AvgIpc) is 3.10. The lowest BCUT2D eigenvalue weighted by atomic mass is 10.2. The Labute approximate surface area is 125 Å². The van der Waals surface area contributed by atoms with E-state index in [-0.39, 0.29) is 11.9 Å². The maximum absolute atomic E-state index is 12.8. The van der Waals surface area contributed by atoms with E-state index in [4.69, 9.17) is 0 Å². The molecule has 0 spiro atoms. The van der Waals surface area contributed by atoms with Gasteiger partial charge in [0.05, 0.1) is 6.10 Å². The first kappa shape index (κ1) is 14.7. The van der Waals surface area contributed by atoms with Crippen molar-refractivity contribution in [2.45, 2.75) is 25.0 Å². The van der Waals surface area contributed by atoms with Crippen LogP contribution in [0.3, 0.4) is 0 Å². The number of nitrogens with zero attached hydrogens (tertiary/aromatic N) is 2. The molecule has 0 radical (unpaired) electrons. The Morgan fingerprint density at radius 1 is 1.14 bits per heavy atom. The van der Waals surface area contributed by atoms with Gasteiger partial charge in [0.1, 0.15) is 5.82 Å². The molecule has 114 valence electrons. The van der Waals surface area contributed by atoms with Gasteiger partial charge in [-0.25, -0.2) is 4.39 Å². The number of β-amino-alcohol motifs (C(OH)–C–C–N with tert-alkyl or cyclic N) is 1. The van der Waals surface area contributed by atoms with E-state index in [0.29, 0.717) is 6.04 Å². The number of hydrogen-bond donors (Lipinski definition) is 1. The van der Waals surface area contributed by atoms with Crippen molar-refractivity contribution < 1.29 is 9.50 Å². The van der Waals surface area contributed by atoms with Crippen LogP contribution in [-0.2, 0) is 0 Å². The van der Waals surface area contributed by atoms with Gasteiger partial charge in [-0.3, -0.25) is 9.80 Å². The minimum Gasteiger partial charge on any atom is -0.390 e. The predicted molar refractivity (Wildman–Crippen MR) is 82.5 cm³/mol. The second-order valence-electron chi connectivity index (χ2n) is 6.05. The highest BCUT2D eigenvalue weighted by Gasteiger charge is 2.35. The molecule has 2 heterocycles. The largest absolute Gasteiger partial charge is 0.390 e. The number of aliphatic hydroxyl groups is 1. The van der Waals surface area contributed by atoms with Crippen molar-refractivity contribution >= 4 is 6.08 Å². The molecule has 2 saturated heterocycles. The summed E-state index contributed by atoms with van der Waals surface area (Å²) in [5.41, 5.74) is 1.01. The van der Waals surface area contributed by atoms with Crippen LogP contribution in [0.4, 0.5) is 4.39 Å². The number of halogens is 1. The summed E-state index contributed by atoms with van der Waals surface area (Å²) in [5, 5.41) is 10.2. The number of likely N-dealkylation sites (tertiary alicyclic amines) is 2. The average molecular weight is 290 g/mol. The molecule has 2 aliphatic heterocycles. The fourth-order valence-corrected chi connectivity index (χ4v) is 3.34. The quantitative estimate of drug-likeness (QED) is 0.918. The smallest absolute Gasteiger partial charge is 0.123 e. The molecule has 1 aromatic carbocycles. The predicted octanol–water partition coefficient (Wildman–Crippen LogP) is 1.98. The topological polar surface area (TPSA) is 26.7 Å². The molecule has 2 atom stereocenters. The standard InChI is InChI=1S/C17H23FN2O/c18-15-7-5-14(6-8-15)4-3-9-19-12-16(17(21)13-19)20-10-1-2-11-20/h3-8,16-17,21H,1-2,9-13H2/b4-3+/t16-,17-/m1/s1. The van der Waals surface area contributed by atoms with Crippen LogP contribution in [0.5, 0.6) is 0 Å². The van der Waals surface area contributed by atoms with E-state index >= 15 is 0 Å². The van der Waals surface area contributed by atoms with Crippen LogP contribution in [0.25, 0.3) is 6.08 Å². The summed E-state index contributed by atoms with van der Waals surface area (Å²) in [6.45, 7) is 4.77. The molecule has 0 amide bonds. The first-order valence-electron chi connectivity index (χ1n) is 7.79. The molecule has 0 bridgehead atoms. The van der Waals surface area contributed by atoms with Crippen molar-refractivity contribution in [3.63, 3.8) is 0 Å². The van der Waals surface area contributed by atoms with Crippen molar-refractivity contribution in [2.24, 2.45) is 0 Å². The van der Waals surface area contributed by atoms with Crippen LogP contribution in [-0.4, -0.2) is 59.8 Å². The minimum atomic E-state index is -0.234. The van der Waals surface area contributed by atoms with Gasteiger partial charge in [-0.2, -0.15) is 0 Å². The van der Waals surface area contributed by atoms with Crippen molar-refractivity contribution in [1.29, 1.82) is 0 Å². The van der Waals surface area contributed by atoms with Gasteiger partial charge in [0.15, 0.2) is 0 Å². The number of rotatable bonds is 4. The lowest BCUT2D eigenvalue weighted by molar-refractivity contribution is 0.0979. The first-order chi connectivity index (χ1) is 10.2. The van der Waals surface area contributed by atoms with Gasteiger partial charge in [0, 0.05) is 25.7 Å². The Bertz CT molecular complexity index is 482. The van der Waals surface area contributed by atoms with Crippen LogP contribution in [0.2, 0.25) is 0 Å². The molecule has 0 unspecified atom stereocenters. The van der Waals surface area contributed by atoms with Gasteiger partial charge >= 0.3 is 0 Å². The fourth-order valence-electron chi connectivity index (χ4n) is 3.34. The fraction of sp³-hybridized carbons (Fsp3) is 0.529. The van der Waals surface area contributed by atoms with Crippen molar-refractivity contribution in [1.82, 2.24) is 9.80 Å². The van der Waals surface area contributed by atoms with E-state index in [9.17, 15) is 9.50 Å². The second-order valence-corrected chi connectivity index (χ2v) is 6.05. The van der Waals surface area contributed by atoms with Crippen LogP contribution in [0.15, 0.2) is 30.3 Å². The van der Waals surface area contributed by atoms with Gasteiger partial charge in [0.2, 0.25) is 0 Å². The first-order valence-corrected chi connectivity index (χ1v) is 7.79. The Morgan fingerprint density at radius 3 is 2.57 bits per heavy atom. The molecule has 21 heavy (non-hydrogen) atoms. The van der Waals surface area contributed by atoms with Crippen molar-refractivity contribution in [3.8, 4) is 0 Å². The lowest BCUT2D eigenvalue weighted by Crippen LogP contribution is -2.41. The van der Waals surface area contributed by atoms with Crippen LogP contribution in [0.1, 0.15) is 18.4 Å². The number of aliphatic hydroxyl groups excluding tert-OH is 1. The summed E-state index contributed by atoms with van der Waals surface area (Å²) in [5.74, 6) is -0.205. The van der Waals surface area contributed by atoms with E-state index in [1.54, 1.807) is 12.1 Å². The van der Waals surface area contributed by atoms with Gasteiger partial charge in [-0.15, -0.1) is 0 Å². The summed E-state index contributed by atoms with van der Waals surface area (Å²) in [4.78, 5) is 4.71. The summed E-state index contributed by atoms with van der Waals surface area (Å²) >= 11 is 0. The molecule has 0 aliphatic carbocycles. The third kappa shape index (κ3) is 3.70. The zero-order valence-corrected chi connectivity index (χ0v) is 12.3. The highest BCUT2D eigenvalue weighted by Crippen LogP contribution is 2.20. The van der Waals surface area contributed by atoms with E-state index in [0.717, 1.165) is 38.3 Å². The maximum Gasteiger partial charge on any atom is 0.123 e. The summed E-state index contributed by atoms with van der Waals surface area (Å²) < 4.78 is 12.8. The third-order valence-electron chi connectivity index (χ3n) is 4.49. The molecule has 3 rings (SSSR count). The normalized spacial score (nSPS) is 27.9. The summed E-state index contributed by atoms with van der Waals surface area (Å²) in [6, 6.07) is 6.80. The van der Waals surface area contributed by atoms with Gasteiger partial charge in [-0.05, 0) is 43.6 Å². The number of hydrogen-bond acceptors (Lipinski definition) is 3. The van der Waals surface area contributed by atoms with Crippen molar-refractivity contribution in [3.05, 3.63) is 41.7 Å². The van der Waals surface area contributed by atoms with E-state index in [1.165, 1.54) is 25.0 Å². The van der Waals surface area contributed by atoms with Crippen LogP contribution in [0, 0.1) is 5.82 Å². The Balaban J connectivity index is 1.51. The third-order valence-corrected chi connectivity index (χ3v) is 4.49. The second kappa shape index (κ2) is 6.69. The minimum absolute atomic E-state index is 0.205. The molecule has 1 N–H and O–H groups in total. The molecule has 0 aromatic heterocycles. The SMILES string of the molecule is O[C@@H]1CN(C/C=C/c2ccc(F)cc2)C[C@H]1N1CCCC1. The van der Waals surface area contributed by atoms with Crippen LogP contribution < -0.4 is 0 Å². The molecule has 2 aliphatic rings. The number of benzene rings is 1. The summed E-state index contributed by atoms with van der Waals surface area (Å²) in [6.07, 6.45) is 6.38. The lowest BCUT2D eigenvalue weighted by Gasteiger charge is -2.25. The Kier molecular flexibility index (Phi) is 4.68. The monoisotopic (exact) mass is 290 g/mol. The molecule has 1 aromatic rings. The molecule has 0 saturated carbocycles. The zero-order chi connectivity index (χ0) is 14.7. The highest BCUT2D eigenvalue weighted by molar-refractivity contribution is 5.48. The van der Waals surface area contributed by atoms with E-state index < -0.39 is 0 Å². The maximum atomic E-state index is 12.8. The van der Waals surface area contributed by atoms with Gasteiger partial charge in [0.25, 0.3) is 0 Å². The highest BCUT2D eigenvalue weighted by atomic mass is 19.1. The zero-order valence-electron chi connectivity index (χ0n) is 12.3. The molecular formula is C17H23FN2O. The molecule has 3 nitrogen and oxygen atoms in total.